The normalized spacial score (nSPS) is 17.4. The lowest BCUT2D eigenvalue weighted by Crippen LogP contribution is -2.46. The van der Waals surface area contributed by atoms with Gasteiger partial charge in [-0.25, -0.2) is 9.59 Å². The van der Waals surface area contributed by atoms with Crippen LogP contribution in [0.4, 0.5) is 11.4 Å². The van der Waals surface area contributed by atoms with E-state index in [-0.39, 0.29) is 17.0 Å². The Hall–Kier alpha value is -4.28. The van der Waals surface area contributed by atoms with E-state index >= 15 is 0 Å². The van der Waals surface area contributed by atoms with Gasteiger partial charge in [-0.05, 0) is 53.6 Å². The number of hydrogen-bond acceptors (Lipinski definition) is 8. The van der Waals surface area contributed by atoms with E-state index in [0.29, 0.717) is 11.3 Å². The highest BCUT2D eigenvalue weighted by atomic mass is 79.9. The topological polar surface area (TPSA) is 108 Å². The van der Waals surface area contributed by atoms with Crippen molar-refractivity contribution in [3.63, 3.8) is 0 Å². The summed E-state index contributed by atoms with van der Waals surface area (Å²) in [5, 5.41) is 11.2. The van der Waals surface area contributed by atoms with Gasteiger partial charge < -0.3 is 19.1 Å². The molecule has 0 amide bonds. The minimum atomic E-state index is -1.09. The molecule has 0 saturated heterocycles. The Kier molecular flexibility index (Phi) is 8.35. The molecule has 38 heavy (non-hydrogen) atoms. The highest BCUT2D eigenvalue weighted by Crippen LogP contribution is 2.41. The third kappa shape index (κ3) is 5.66. The van der Waals surface area contributed by atoms with Gasteiger partial charge in [0, 0.05) is 22.3 Å². The molecule has 0 aliphatic carbocycles. The molecule has 9 nitrogen and oxygen atoms in total. The third-order valence-corrected chi connectivity index (χ3v) is 6.37. The van der Waals surface area contributed by atoms with E-state index in [1.807, 2.05) is 36.4 Å². The van der Waals surface area contributed by atoms with Gasteiger partial charge in [-0.15, -0.1) is 0 Å². The van der Waals surface area contributed by atoms with Crippen LogP contribution in [-0.2, 0) is 23.8 Å². The van der Waals surface area contributed by atoms with E-state index in [1.54, 1.807) is 35.2 Å². The lowest BCUT2D eigenvalue weighted by molar-refractivity contribution is -0.384. The summed E-state index contributed by atoms with van der Waals surface area (Å²) >= 11 is 3.42. The molecule has 0 saturated carbocycles. The van der Waals surface area contributed by atoms with Crippen molar-refractivity contribution in [1.82, 2.24) is 0 Å². The van der Waals surface area contributed by atoms with E-state index in [2.05, 4.69) is 15.9 Å². The zero-order valence-electron chi connectivity index (χ0n) is 20.4. The molecule has 3 aromatic carbocycles. The van der Waals surface area contributed by atoms with Crippen molar-refractivity contribution in [3.8, 4) is 0 Å². The fourth-order valence-electron chi connectivity index (χ4n) is 4.05. The van der Waals surface area contributed by atoms with E-state index in [9.17, 15) is 19.7 Å². The van der Waals surface area contributed by atoms with Gasteiger partial charge in [-0.2, -0.15) is 0 Å². The average molecular weight is 579 g/mol. The molecule has 0 unspecified atom stereocenters. The van der Waals surface area contributed by atoms with Crippen molar-refractivity contribution < 1.29 is 28.7 Å². The number of nitrogens with zero attached hydrogens (tertiary/aromatic N) is 2. The van der Waals surface area contributed by atoms with Crippen molar-refractivity contribution in [2.24, 2.45) is 0 Å². The van der Waals surface area contributed by atoms with Gasteiger partial charge in [0.25, 0.3) is 5.69 Å². The van der Waals surface area contributed by atoms with Crippen LogP contribution in [0.15, 0.2) is 101 Å². The highest BCUT2D eigenvalue weighted by molar-refractivity contribution is 9.10. The van der Waals surface area contributed by atoms with Gasteiger partial charge in [0.2, 0.25) is 0 Å². The smallest absolute Gasteiger partial charge is 0.355 e. The molecule has 0 bridgehead atoms. The van der Waals surface area contributed by atoms with Gasteiger partial charge in [-0.1, -0.05) is 52.3 Å². The summed E-state index contributed by atoms with van der Waals surface area (Å²) in [6, 6.07) is 22.1. The van der Waals surface area contributed by atoms with Gasteiger partial charge in [0.1, 0.15) is 17.4 Å². The number of ether oxygens (including phenoxy) is 3. The number of carbonyl (C=O) groups excluding carboxylic acids is 2. The number of non-ortho nitro benzene ring substituents is 1. The van der Waals surface area contributed by atoms with Gasteiger partial charge in [0.15, 0.2) is 6.23 Å². The molecule has 0 N–H and O–H groups in total. The second-order valence-electron chi connectivity index (χ2n) is 8.12. The lowest BCUT2D eigenvalue weighted by atomic mass is 9.96. The first-order valence-corrected chi connectivity index (χ1v) is 12.2. The van der Waals surface area contributed by atoms with E-state index in [0.717, 1.165) is 10.0 Å². The molecule has 0 spiro atoms. The number of para-hydroxylation sites is 1. The van der Waals surface area contributed by atoms with Crippen LogP contribution in [0.1, 0.15) is 17.2 Å². The monoisotopic (exact) mass is 578 g/mol. The SMILES string of the molecule is COC(=O)C1=C(C(=O)OC)N(c2ccccc2)[C@@H](/C=C/c2ccc(Br)cc2)O[C@H]1c1ccc([N+](=O)[O-])cc1. The van der Waals surface area contributed by atoms with E-state index in [1.165, 1.54) is 38.5 Å². The second kappa shape index (κ2) is 11.8. The second-order valence-corrected chi connectivity index (χ2v) is 9.03. The van der Waals surface area contributed by atoms with Gasteiger partial charge in [0.05, 0.1) is 19.1 Å². The molecule has 3 aromatic rings. The van der Waals surface area contributed by atoms with Crippen LogP contribution in [0.5, 0.6) is 0 Å². The molecule has 0 radical (unpaired) electrons. The molecule has 1 heterocycles. The lowest BCUT2D eigenvalue weighted by Gasteiger charge is -2.41. The Balaban J connectivity index is 1.93. The fraction of sp³-hybridized carbons (Fsp3) is 0.143. The Morgan fingerprint density at radius 2 is 1.58 bits per heavy atom. The zero-order chi connectivity index (χ0) is 27.2. The zero-order valence-corrected chi connectivity index (χ0v) is 22.0. The minimum absolute atomic E-state index is 0.0643. The van der Waals surface area contributed by atoms with Gasteiger partial charge in [-0.3, -0.25) is 10.1 Å². The van der Waals surface area contributed by atoms with Crippen LogP contribution in [-0.4, -0.2) is 37.3 Å². The summed E-state index contributed by atoms with van der Waals surface area (Å²) in [5.74, 6) is -1.57. The molecule has 4 rings (SSSR count). The Labute approximate surface area is 227 Å². The highest BCUT2D eigenvalue weighted by Gasteiger charge is 2.43. The Morgan fingerprint density at radius 3 is 2.16 bits per heavy atom. The number of anilines is 1. The van der Waals surface area contributed by atoms with E-state index < -0.39 is 29.2 Å². The maximum absolute atomic E-state index is 13.3. The maximum atomic E-state index is 13.3. The van der Waals surface area contributed by atoms with Gasteiger partial charge >= 0.3 is 11.9 Å². The quantitative estimate of drug-likeness (QED) is 0.203. The number of carbonyl (C=O) groups is 2. The molecular formula is C28H23BrN2O7. The standard InChI is InChI=1S/C28H23BrN2O7/c1-36-27(32)24-25(28(33)37-2)30(21-6-4-3-5-7-21)23(17-10-18-8-13-20(29)14-9-18)38-26(24)19-11-15-22(16-12-19)31(34)35/h3-17,23,26H,1-2H3/b17-10+/t23-,26+/m1/s1. The molecular weight excluding hydrogens is 556 g/mol. The molecule has 0 aromatic heterocycles. The number of benzene rings is 3. The van der Waals surface area contributed by atoms with Crippen molar-refractivity contribution in [2.45, 2.75) is 12.3 Å². The van der Waals surface area contributed by atoms with Crippen LogP contribution in [0.25, 0.3) is 6.08 Å². The predicted octanol–water partition coefficient (Wildman–Crippen LogP) is 5.57. The van der Waals surface area contributed by atoms with Crippen molar-refractivity contribution in [1.29, 1.82) is 0 Å². The summed E-state index contributed by atoms with van der Waals surface area (Å²) in [5.41, 5.74) is 1.59. The first-order chi connectivity index (χ1) is 18.3. The van der Waals surface area contributed by atoms with Crippen LogP contribution >= 0.6 is 15.9 Å². The summed E-state index contributed by atoms with van der Waals surface area (Å²) in [6.45, 7) is 0. The van der Waals surface area contributed by atoms with Crippen molar-refractivity contribution in [2.75, 3.05) is 19.1 Å². The van der Waals surface area contributed by atoms with Crippen LogP contribution in [0.3, 0.4) is 0 Å². The number of methoxy groups -OCH3 is 2. The van der Waals surface area contributed by atoms with Crippen LogP contribution in [0.2, 0.25) is 0 Å². The average Bonchev–Trinajstić information content (AvgIpc) is 2.95. The minimum Gasteiger partial charge on any atom is -0.466 e. The van der Waals surface area contributed by atoms with Crippen molar-refractivity contribution in [3.05, 3.63) is 122 Å². The molecule has 194 valence electrons. The number of halogens is 1. The molecule has 10 heteroatoms. The number of esters is 2. The molecule has 0 fully saturated rings. The first kappa shape index (κ1) is 26.8. The van der Waals surface area contributed by atoms with E-state index in [4.69, 9.17) is 14.2 Å². The first-order valence-electron chi connectivity index (χ1n) is 11.4. The molecule has 1 aliphatic rings. The predicted molar refractivity (Wildman–Crippen MR) is 144 cm³/mol. The molecule has 2 atom stereocenters. The Bertz CT molecular complexity index is 1390. The number of rotatable bonds is 7. The largest absolute Gasteiger partial charge is 0.466 e. The summed E-state index contributed by atoms with van der Waals surface area (Å²) < 4.78 is 17.5. The van der Waals surface area contributed by atoms with Crippen molar-refractivity contribution >= 4 is 45.3 Å². The number of nitro benzene ring substituents is 1. The summed E-state index contributed by atoms with van der Waals surface area (Å²) in [6.07, 6.45) is 1.63. The van der Waals surface area contributed by atoms with Crippen LogP contribution < -0.4 is 4.90 Å². The molecule has 1 aliphatic heterocycles. The maximum Gasteiger partial charge on any atom is 0.355 e. The number of hydrogen-bond donors (Lipinski definition) is 0. The fourth-order valence-corrected chi connectivity index (χ4v) is 4.31. The van der Waals surface area contributed by atoms with Crippen LogP contribution in [0, 0.1) is 10.1 Å². The Morgan fingerprint density at radius 1 is 0.947 bits per heavy atom. The number of nitro groups is 1. The summed E-state index contributed by atoms with van der Waals surface area (Å²) in [7, 11) is 2.42. The third-order valence-electron chi connectivity index (χ3n) is 5.84. The summed E-state index contributed by atoms with van der Waals surface area (Å²) in [4.78, 5) is 38.6.